The minimum absolute atomic E-state index is 0.0260. The normalized spacial score (nSPS) is 14.1. The van der Waals surface area contributed by atoms with E-state index in [1.54, 1.807) is 0 Å². The molecule has 0 aliphatic rings. The molecule has 0 saturated carbocycles. The van der Waals surface area contributed by atoms with Gasteiger partial charge in [0.2, 0.25) is 0 Å². The number of carbonyl (C=O) groups is 1. The molecular formula is C11H14O6. The van der Waals surface area contributed by atoms with Crippen LogP contribution in [0, 0.1) is 0 Å². The Balaban J connectivity index is 2.94. The molecule has 6 heteroatoms. The van der Waals surface area contributed by atoms with Crippen molar-refractivity contribution in [3.63, 3.8) is 0 Å². The maximum Gasteiger partial charge on any atom is 0.306 e. The number of methoxy groups -OCH3 is 1. The van der Waals surface area contributed by atoms with Gasteiger partial charge in [-0.05, 0) is 18.2 Å². The zero-order valence-corrected chi connectivity index (χ0v) is 9.20. The highest BCUT2D eigenvalue weighted by molar-refractivity contribution is 5.67. The number of aliphatic carboxylic acids is 1. The molecule has 4 N–H and O–H groups in total. The fraction of sp³-hybridized carbons (Fsp3) is 0.364. The average molecular weight is 242 g/mol. The largest absolute Gasteiger partial charge is 0.508 e. The summed E-state index contributed by atoms with van der Waals surface area (Å²) in [5.41, 5.74) is 0.0260. The fourth-order valence-electron chi connectivity index (χ4n) is 1.39. The smallest absolute Gasteiger partial charge is 0.306 e. The SMILES string of the molecule is COc1ccc(O)c(C(O)C(O)CC(=O)O)c1. The summed E-state index contributed by atoms with van der Waals surface area (Å²) in [6.45, 7) is 0. The molecule has 2 unspecified atom stereocenters. The first kappa shape index (κ1) is 13.3. The Morgan fingerprint density at radius 3 is 2.59 bits per heavy atom. The van der Waals surface area contributed by atoms with Crippen LogP contribution in [0.3, 0.4) is 0 Å². The van der Waals surface area contributed by atoms with Crippen LogP contribution in [-0.4, -0.2) is 39.6 Å². The first-order valence-corrected chi connectivity index (χ1v) is 4.90. The lowest BCUT2D eigenvalue weighted by molar-refractivity contribution is -0.141. The zero-order valence-electron chi connectivity index (χ0n) is 9.20. The van der Waals surface area contributed by atoms with Crippen LogP contribution >= 0.6 is 0 Å². The van der Waals surface area contributed by atoms with Crippen LogP contribution in [0.5, 0.6) is 11.5 Å². The van der Waals surface area contributed by atoms with Crippen LogP contribution in [0.25, 0.3) is 0 Å². The number of phenolic OH excluding ortho intramolecular Hbond substituents is 1. The quantitative estimate of drug-likeness (QED) is 0.590. The van der Waals surface area contributed by atoms with Crippen molar-refractivity contribution in [1.29, 1.82) is 0 Å². The molecule has 1 aromatic carbocycles. The van der Waals surface area contributed by atoms with Crippen molar-refractivity contribution in [1.82, 2.24) is 0 Å². The average Bonchev–Trinajstić information content (AvgIpc) is 2.28. The van der Waals surface area contributed by atoms with Gasteiger partial charge in [-0.25, -0.2) is 0 Å². The molecular weight excluding hydrogens is 228 g/mol. The Bertz CT molecular complexity index is 403. The monoisotopic (exact) mass is 242 g/mol. The van der Waals surface area contributed by atoms with Gasteiger partial charge >= 0.3 is 5.97 Å². The maximum atomic E-state index is 10.4. The molecule has 0 aromatic heterocycles. The third-order valence-electron chi connectivity index (χ3n) is 2.30. The van der Waals surface area contributed by atoms with E-state index in [1.165, 1.54) is 25.3 Å². The summed E-state index contributed by atoms with van der Waals surface area (Å²) in [7, 11) is 1.41. The minimum atomic E-state index is -1.49. The predicted octanol–water partition coefficient (Wildman–Crippen LogP) is 0.270. The van der Waals surface area contributed by atoms with E-state index in [2.05, 4.69) is 0 Å². The summed E-state index contributed by atoms with van der Waals surface area (Å²) in [4.78, 5) is 10.4. The number of aliphatic hydroxyl groups excluding tert-OH is 2. The lowest BCUT2D eigenvalue weighted by atomic mass is 10.0. The molecule has 0 spiro atoms. The van der Waals surface area contributed by atoms with E-state index < -0.39 is 24.6 Å². The first-order valence-electron chi connectivity index (χ1n) is 4.90. The third-order valence-corrected chi connectivity index (χ3v) is 2.30. The second-order valence-corrected chi connectivity index (χ2v) is 3.53. The molecule has 6 nitrogen and oxygen atoms in total. The van der Waals surface area contributed by atoms with E-state index >= 15 is 0 Å². The van der Waals surface area contributed by atoms with Gasteiger partial charge in [-0.2, -0.15) is 0 Å². The van der Waals surface area contributed by atoms with E-state index in [4.69, 9.17) is 9.84 Å². The van der Waals surface area contributed by atoms with Crippen molar-refractivity contribution in [3.8, 4) is 11.5 Å². The highest BCUT2D eigenvalue weighted by atomic mass is 16.5. The van der Waals surface area contributed by atoms with Gasteiger partial charge in [0, 0.05) is 5.56 Å². The standard InChI is InChI=1S/C11H14O6/c1-17-6-2-3-8(12)7(4-6)11(16)9(13)5-10(14)15/h2-4,9,11-13,16H,5H2,1H3,(H,14,15). The Hall–Kier alpha value is -1.79. The van der Waals surface area contributed by atoms with Gasteiger partial charge in [0.15, 0.2) is 0 Å². The van der Waals surface area contributed by atoms with Crippen molar-refractivity contribution >= 4 is 5.97 Å². The van der Waals surface area contributed by atoms with Gasteiger partial charge < -0.3 is 25.2 Å². The third kappa shape index (κ3) is 3.33. The number of ether oxygens (including phenoxy) is 1. The van der Waals surface area contributed by atoms with Gasteiger partial charge in [0.05, 0.1) is 19.6 Å². The summed E-state index contributed by atoms with van der Waals surface area (Å²) in [5, 5.41) is 37.2. The van der Waals surface area contributed by atoms with E-state index in [1.807, 2.05) is 0 Å². The summed E-state index contributed by atoms with van der Waals surface area (Å²) in [6.07, 6.45) is -3.59. The fourth-order valence-corrected chi connectivity index (χ4v) is 1.39. The van der Waals surface area contributed by atoms with Gasteiger partial charge in [-0.15, -0.1) is 0 Å². The van der Waals surface area contributed by atoms with Crippen LogP contribution in [0.2, 0.25) is 0 Å². The molecule has 0 aliphatic heterocycles. The highest BCUT2D eigenvalue weighted by Gasteiger charge is 2.24. The Labute approximate surface area is 97.7 Å². The number of benzene rings is 1. The Kier molecular flexibility index (Phi) is 4.30. The number of carboxylic acid groups (broad SMARTS) is 1. The van der Waals surface area contributed by atoms with Crippen LogP contribution < -0.4 is 4.74 Å². The molecule has 17 heavy (non-hydrogen) atoms. The number of hydrogen-bond donors (Lipinski definition) is 4. The number of hydrogen-bond acceptors (Lipinski definition) is 5. The number of aromatic hydroxyl groups is 1. The van der Waals surface area contributed by atoms with E-state index in [-0.39, 0.29) is 11.3 Å². The maximum absolute atomic E-state index is 10.4. The van der Waals surface area contributed by atoms with Gasteiger partial charge in [0.25, 0.3) is 0 Å². The molecule has 0 saturated heterocycles. The van der Waals surface area contributed by atoms with Crippen molar-refractivity contribution < 1.29 is 30.0 Å². The van der Waals surface area contributed by atoms with Crippen molar-refractivity contribution in [2.45, 2.75) is 18.6 Å². The molecule has 0 amide bonds. The zero-order chi connectivity index (χ0) is 13.0. The second-order valence-electron chi connectivity index (χ2n) is 3.53. The first-order chi connectivity index (χ1) is 7.95. The summed E-state index contributed by atoms with van der Waals surface area (Å²) in [6, 6.07) is 4.12. The van der Waals surface area contributed by atoms with Gasteiger partial charge in [-0.3, -0.25) is 4.79 Å². The van der Waals surface area contributed by atoms with Gasteiger partial charge in [-0.1, -0.05) is 0 Å². The molecule has 0 fully saturated rings. The van der Waals surface area contributed by atoms with Crippen molar-refractivity contribution in [2.75, 3.05) is 7.11 Å². The van der Waals surface area contributed by atoms with E-state index in [9.17, 15) is 20.1 Å². The molecule has 0 bridgehead atoms. The molecule has 1 aromatic rings. The van der Waals surface area contributed by atoms with E-state index in [0.717, 1.165) is 0 Å². The molecule has 0 heterocycles. The van der Waals surface area contributed by atoms with Crippen molar-refractivity contribution in [3.05, 3.63) is 23.8 Å². The predicted molar refractivity (Wildman–Crippen MR) is 57.9 cm³/mol. The molecule has 1 rings (SSSR count). The van der Waals surface area contributed by atoms with Crippen LogP contribution in [0.4, 0.5) is 0 Å². The molecule has 94 valence electrons. The van der Waals surface area contributed by atoms with E-state index in [0.29, 0.717) is 5.75 Å². The summed E-state index contributed by atoms with van der Waals surface area (Å²) < 4.78 is 4.90. The molecule has 0 radical (unpaired) electrons. The minimum Gasteiger partial charge on any atom is -0.508 e. The highest BCUT2D eigenvalue weighted by Crippen LogP contribution is 2.30. The summed E-state index contributed by atoms with van der Waals surface area (Å²) in [5.74, 6) is -1.08. The Morgan fingerprint density at radius 1 is 1.41 bits per heavy atom. The van der Waals surface area contributed by atoms with Crippen LogP contribution in [0.1, 0.15) is 18.1 Å². The van der Waals surface area contributed by atoms with Crippen molar-refractivity contribution in [2.24, 2.45) is 0 Å². The Morgan fingerprint density at radius 2 is 2.06 bits per heavy atom. The number of rotatable bonds is 5. The number of carboxylic acids is 1. The van der Waals surface area contributed by atoms with Crippen LogP contribution in [0.15, 0.2) is 18.2 Å². The molecule has 2 atom stereocenters. The molecule has 0 aliphatic carbocycles. The number of phenols is 1. The summed E-state index contributed by atoms with van der Waals surface area (Å²) >= 11 is 0. The lowest BCUT2D eigenvalue weighted by Crippen LogP contribution is -2.21. The number of aliphatic hydroxyl groups is 2. The second kappa shape index (κ2) is 5.51. The lowest BCUT2D eigenvalue weighted by Gasteiger charge is -2.18. The topological polar surface area (TPSA) is 107 Å². The van der Waals surface area contributed by atoms with Crippen LogP contribution in [-0.2, 0) is 4.79 Å². The van der Waals surface area contributed by atoms with Gasteiger partial charge in [0.1, 0.15) is 17.6 Å².